The van der Waals surface area contributed by atoms with Gasteiger partial charge in [0.25, 0.3) is 5.56 Å². The van der Waals surface area contributed by atoms with E-state index in [0.717, 1.165) is 22.4 Å². The first kappa shape index (κ1) is 18.7. The van der Waals surface area contributed by atoms with Crippen LogP contribution in [0.2, 0.25) is 5.02 Å². The summed E-state index contributed by atoms with van der Waals surface area (Å²) in [5.41, 5.74) is 3.83. The largest absolute Gasteiger partial charge is 0.272 e. The van der Waals surface area contributed by atoms with E-state index in [4.69, 9.17) is 11.6 Å². The number of nitriles is 1. The zero-order valence-electron chi connectivity index (χ0n) is 15.5. The third-order valence-corrected chi connectivity index (χ3v) is 4.94. The minimum absolute atomic E-state index is 0.266. The van der Waals surface area contributed by atoms with E-state index in [2.05, 4.69) is 28.3 Å². The molecule has 2 aromatic carbocycles. The average Bonchev–Trinajstić information content (AvgIpc) is 3.09. The van der Waals surface area contributed by atoms with Crippen molar-refractivity contribution in [1.82, 2.24) is 20.0 Å². The number of halogens is 1. The second kappa shape index (κ2) is 7.38. The fraction of sp³-hybridized carbons (Fsp3) is 0.0455. The Morgan fingerprint density at radius 1 is 1.28 bits per heavy atom. The number of H-pyrrole nitrogens is 1. The zero-order chi connectivity index (χ0) is 20.5. The van der Waals surface area contributed by atoms with Crippen molar-refractivity contribution >= 4 is 34.0 Å². The summed E-state index contributed by atoms with van der Waals surface area (Å²) in [5.74, 6) is 0. The summed E-state index contributed by atoms with van der Waals surface area (Å²) in [6.07, 6.45) is 3.50. The standard InChI is InChI=1S/C22H15ClN5O/c1-13-19-9-15(6-7-18(19)22(29)27-26-13)20-12-25-28(2)21(20)10-16(11-24)14-4-3-5-17(23)8-14/h3-10,12H,1H2,2H3,(H,27,29). The van der Waals surface area contributed by atoms with Gasteiger partial charge in [-0.05, 0) is 48.4 Å². The molecule has 2 aromatic heterocycles. The van der Waals surface area contributed by atoms with Crippen LogP contribution in [-0.4, -0.2) is 20.0 Å². The van der Waals surface area contributed by atoms with Crippen LogP contribution >= 0.6 is 11.6 Å². The highest BCUT2D eigenvalue weighted by molar-refractivity contribution is 6.30. The van der Waals surface area contributed by atoms with Crippen molar-refractivity contribution in [3.63, 3.8) is 0 Å². The maximum absolute atomic E-state index is 12.0. The highest BCUT2D eigenvalue weighted by Crippen LogP contribution is 2.30. The third-order valence-electron chi connectivity index (χ3n) is 4.70. The fourth-order valence-corrected chi connectivity index (χ4v) is 3.39. The first-order chi connectivity index (χ1) is 14.0. The van der Waals surface area contributed by atoms with Crippen molar-refractivity contribution in [2.45, 2.75) is 0 Å². The molecule has 1 N–H and O–H groups in total. The Morgan fingerprint density at radius 3 is 2.86 bits per heavy atom. The Labute approximate surface area is 171 Å². The molecule has 0 saturated heterocycles. The Balaban J connectivity index is 1.89. The summed E-state index contributed by atoms with van der Waals surface area (Å²) in [6, 6.07) is 14.8. The molecule has 0 unspecified atom stereocenters. The van der Waals surface area contributed by atoms with Gasteiger partial charge in [0.2, 0.25) is 0 Å². The number of fused-ring (bicyclic) bond motifs is 1. The maximum atomic E-state index is 12.0. The lowest BCUT2D eigenvalue weighted by molar-refractivity contribution is 0.760. The Morgan fingerprint density at radius 2 is 2.10 bits per heavy atom. The summed E-state index contributed by atoms with van der Waals surface area (Å²) in [6.45, 7) is 3.89. The van der Waals surface area contributed by atoms with Crippen molar-refractivity contribution in [3.05, 3.63) is 87.9 Å². The first-order valence-electron chi connectivity index (χ1n) is 8.72. The fourth-order valence-electron chi connectivity index (χ4n) is 3.20. The number of hydrogen-bond donors (Lipinski definition) is 1. The van der Waals surface area contributed by atoms with Gasteiger partial charge in [-0.3, -0.25) is 9.48 Å². The predicted molar refractivity (Wildman–Crippen MR) is 114 cm³/mol. The Kier molecular flexibility index (Phi) is 4.75. The number of nitrogens with one attached hydrogen (secondary N) is 1. The molecule has 0 bridgehead atoms. The van der Waals surface area contributed by atoms with E-state index in [1.165, 1.54) is 0 Å². The van der Waals surface area contributed by atoms with Crippen LogP contribution in [0.1, 0.15) is 17.0 Å². The molecular weight excluding hydrogens is 386 g/mol. The van der Waals surface area contributed by atoms with Gasteiger partial charge in [-0.15, -0.1) is 0 Å². The van der Waals surface area contributed by atoms with Crippen molar-refractivity contribution in [2.24, 2.45) is 7.05 Å². The number of aromatic nitrogens is 4. The number of nitrogens with zero attached hydrogens (tertiary/aromatic N) is 4. The molecule has 29 heavy (non-hydrogen) atoms. The maximum Gasteiger partial charge on any atom is 0.272 e. The van der Waals surface area contributed by atoms with E-state index in [1.807, 2.05) is 25.2 Å². The summed E-state index contributed by atoms with van der Waals surface area (Å²) in [4.78, 5) is 12.0. The van der Waals surface area contributed by atoms with E-state index in [9.17, 15) is 10.1 Å². The number of hydrogen-bond acceptors (Lipinski definition) is 4. The Hall–Kier alpha value is -3.69. The van der Waals surface area contributed by atoms with E-state index >= 15 is 0 Å². The van der Waals surface area contributed by atoms with Crippen molar-refractivity contribution in [1.29, 1.82) is 5.26 Å². The first-order valence-corrected chi connectivity index (χ1v) is 9.10. The van der Waals surface area contributed by atoms with Gasteiger partial charge in [0.1, 0.15) is 0 Å². The molecule has 2 heterocycles. The van der Waals surface area contributed by atoms with Crippen LogP contribution in [0, 0.1) is 18.3 Å². The zero-order valence-corrected chi connectivity index (χ0v) is 16.2. The monoisotopic (exact) mass is 400 g/mol. The molecule has 141 valence electrons. The van der Waals surface area contributed by atoms with Crippen LogP contribution < -0.4 is 5.56 Å². The number of allylic oxidation sites excluding steroid dienone is 1. The summed E-state index contributed by atoms with van der Waals surface area (Å²) < 4.78 is 1.70. The van der Waals surface area contributed by atoms with Crippen LogP contribution in [0.4, 0.5) is 0 Å². The lowest BCUT2D eigenvalue weighted by Crippen LogP contribution is -2.09. The minimum Gasteiger partial charge on any atom is -0.268 e. The molecule has 0 atom stereocenters. The second-order valence-corrected chi connectivity index (χ2v) is 6.94. The van der Waals surface area contributed by atoms with Crippen LogP contribution in [0.3, 0.4) is 0 Å². The van der Waals surface area contributed by atoms with Crippen LogP contribution in [0.5, 0.6) is 0 Å². The van der Waals surface area contributed by atoms with E-state index in [-0.39, 0.29) is 5.56 Å². The topological polar surface area (TPSA) is 87.4 Å². The number of rotatable bonds is 3. The van der Waals surface area contributed by atoms with Crippen molar-refractivity contribution < 1.29 is 0 Å². The molecule has 0 aliphatic rings. The van der Waals surface area contributed by atoms with Gasteiger partial charge in [-0.1, -0.05) is 29.8 Å². The number of aryl methyl sites for hydroxylation is 1. The minimum atomic E-state index is -0.266. The van der Waals surface area contributed by atoms with Gasteiger partial charge in [0.05, 0.1) is 34.6 Å². The van der Waals surface area contributed by atoms with Gasteiger partial charge in [-0.2, -0.15) is 15.5 Å². The molecule has 0 saturated carbocycles. The van der Waals surface area contributed by atoms with Gasteiger partial charge in [-0.25, -0.2) is 5.10 Å². The molecule has 4 rings (SSSR count). The van der Waals surface area contributed by atoms with Gasteiger partial charge in [0, 0.05) is 23.0 Å². The molecular formula is C22H15ClN5O. The molecule has 0 spiro atoms. The quantitative estimate of drug-likeness (QED) is 0.521. The van der Waals surface area contributed by atoms with Gasteiger partial charge < -0.3 is 0 Å². The van der Waals surface area contributed by atoms with E-state index in [1.54, 1.807) is 41.2 Å². The summed E-state index contributed by atoms with van der Waals surface area (Å²) in [5, 5.41) is 22.2. The van der Waals surface area contributed by atoms with Crippen LogP contribution in [-0.2, 0) is 7.05 Å². The molecule has 7 heteroatoms. The second-order valence-electron chi connectivity index (χ2n) is 6.51. The number of benzene rings is 2. The number of aromatic amines is 1. The molecule has 1 radical (unpaired) electrons. The van der Waals surface area contributed by atoms with Crippen molar-refractivity contribution in [2.75, 3.05) is 0 Å². The van der Waals surface area contributed by atoms with Gasteiger partial charge >= 0.3 is 0 Å². The molecule has 0 fully saturated rings. The lowest BCUT2D eigenvalue weighted by atomic mass is 9.99. The highest BCUT2D eigenvalue weighted by atomic mass is 35.5. The summed E-state index contributed by atoms with van der Waals surface area (Å²) >= 11 is 6.08. The molecule has 0 amide bonds. The highest BCUT2D eigenvalue weighted by Gasteiger charge is 2.13. The molecule has 0 aliphatic carbocycles. The Bertz CT molecular complexity index is 1370. The SMILES string of the molecule is [CH2]c1n[nH]c(=O)c2ccc(-c3cnn(C)c3C=C(C#N)c3cccc(Cl)c3)cc12. The smallest absolute Gasteiger partial charge is 0.268 e. The molecule has 4 aromatic rings. The van der Waals surface area contributed by atoms with Crippen molar-refractivity contribution in [3.8, 4) is 17.2 Å². The summed E-state index contributed by atoms with van der Waals surface area (Å²) in [7, 11) is 1.81. The molecule has 0 aliphatic heterocycles. The van der Waals surface area contributed by atoms with E-state index < -0.39 is 0 Å². The van der Waals surface area contributed by atoms with Crippen LogP contribution in [0.15, 0.2) is 53.5 Å². The lowest BCUT2D eigenvalue weighted by Gasteiger charge is -2.07. The van der Waals surface area contributed by atoms with Gasteiger partial charge in [0.15, 0.2) is 0 Å². The normalized spacial score (nSPS) is 11.6. The van der Waals surface area contributed by atoms with E-state index in [0.29, 0.717) is 27.1 Å². The average molecular weight is 401 g/mol. The third kappa shape index (κ3) is 3.44. The molecule has 6 nitrogen and oxygen atoms in total. The van der Waals surface area contributed by atoms with Crippen LogP contribution in [0.25, 0.3) is 33.5 Å². The predicted octanol–water partition coefficient (Wildman–Crippen LogP) is 4.22.